The molecule has 1 atom stereocenters. The van der Waals surface area contributed by atoms with Crippen LogP contribution in [-0.4, -0.2) is 41.1 Å². The Morgan fingerprint density at radius 3 is 2.31 bits per heavy atom. The van der Waals surface area contributed by atoms with Crippen molar-refractivity contribution in [3.05, 3.63) is 0 Å². The number of alkyl halides is 1. The van der Waals surface area contributed by atoms with Crippen LogP contribution in [0.5, 0.6) is 0 Å². The molecule has 0 aliphatic rings. The molecule has 1 unspecified atom stereocenters. The van der Waals surface area contributed by atoms with Crippen LogP contribution in [0.15, 0.2) is 0 Å². The van der Waals surface area contributed by atoms with Crippen LogP contribution < -0.4 is 0 Å². The van der Waals surface area contributed by atoms with E-state index in [9.17, 15) is 0 Å². The van der Waals surface area contributed by atoms with Crippen LogP contribution in [0.25, 0.3) is 0 Å². The summed E-state index contributed by atoms with van der Waals surface area (Å²) in [7, 11) is 0. The summed E-state index contributed by atoms with van der Waals surface area (Å²) < 4.78 is 0. The third-order valence-corrected chi connectivity index (χ3v) is 3.25. The van der Waals surface area contributed by atoms with Crippen molar-refractivity contribution < 1.29 is 5.11 Å². The lowest BCUT2D eigenvalue weighted by atomic mass is 10.1. The van der Waals surface area contributed by atoms with E-state index in [4.69, 9.17) is 5.11 Å². The number of aliphatic hydroxyl groups excluding tert-OH is 1. The van der Waals surface area contributed by atoms with Gasteiger partial charge in [-0.3, -0.25) is 0 Å². The molecular formula is C10H22BrNO. The van der Waals surface area contributed by atoms with Crippen molar-refractivity contribution in [1.29, 1.82) is 0 Å². The maximum Gasteiger partial charge on any atom is 0.0443 e. The first-order valence-corrected chi connectivity index (χ1v) is 6.14. The van der Waals surface area contributed by atoms with E-state index in [1.165, 1.54) is 0 Å². The fourth-order valence-corrected chi connectivity index (χ4v) is 1.49. The smallest absolute Gasteiger partial charge is 0.0443 e. The van der Waals surface area contributed by atoms with Crippen molar-refractivity contribution in [3.8, 4) is 0 Å². The Balaban J connectivity index is 3.79. The van der Waals surface area contributed by atoms with Crippen LogP contribution in [0.1, 0.15) is 27.2 Å². The molecule has 3 heteroatoms. The SMILES string of the molecule is CC(CBr)CN(CCCO)C(C)C. The average molecular weight is 252 g/mol. The number of halogens is 1. The maximum atomic E-state index is 8.75. The molecule has 0 saturated heterocycles. The molecule has 0 rings (SSSR count). The zero-order valence-corrected chi connectivity index (χ0v) is 10.5. The zero-order chi connectivity index (χ0) is 10.3. The quantitative estimate of drug-likeness (QED) is 0.701. The number of hydrogen-bond donors (Lipinski definition) is 1. The van der Waals surface area contributed by atoms with E-state index in [1.807, 2.05) is 0 Å². The molecule has 0 saturated carbocycles. The van der Waals surface area contributed by atoms with Gasteiger partial charge in [-0.2, -0.15) is 0 Å². The Hall–Kier alpha value is 0.400. The van der Waals surface area contributed by atoms with Crippen molar-refractivity contribution in [3.63, 3.8) is 0 Å². The summed E-state index contributed by atoms with van der Waals surface area (Å²) in [6.07, 6.45) is 0.882. The third kappa shape index (κ3) is 6.47. The van der Waals surface area contributed by atoms with Crippen molar-refractivity contribution in [2.24, 2.45) is 5.92 Å². The molecule has 0 aromatic heterocycles. The van der Waals surface area contributed by atoms with E-state index in [2.05, 4.69) is 41.6 Å². The largest absolute Gasteiger partial charge is 0.396 e. The fourth-order valence-electron chi connectivity index (χ4n) is 1.28. The van der Waals surface area contributed by atoms with Crippen LogP contribution in [-0.2, 0) is 0 Å². The minimum Gasteiger partial charge on any atom is -0.396 e. The van der Waals surface area contributed by atoms with Gasteiger partial charge < -0.3 is 10.0 Å². The first-order chi connectivity index (χ1) is 6.11. The van der Waals surface area contributed by atoms with Crippen LogP contribution in [0, 0.1) is 5.92 Å². The summed E-state index contributed by atoms with van der Waals surface area (Å²) in [4.78, 5) is 2.42. The van der Waals surface area contributed by atoms with E-state index in [1.54, 1.807) is 0 Å². The summed E-state index contributed by atoms with van der Waals surface area (Å²) in [5, 5.41) is 9.80. The summed E-state index contributed by atoms with van der Waals surface area (Å²) in [5.74, 6) is 0.682. The van der Waals surface area contributed by atoms with Gasteiger partial charge in [0.05, 0.1) is 0 Å². The van der Waals surface area contributed by atoms with E-state index in [0.29, 0.717) is 18.6 Å². The second-order valence-corrected chi connectivity index (χ2v) is 4.57. The van der Waals surface area contributed by atoms with Gasteiger partial charge in [0.15, 0.2) is 0 Å². The highest BCUT2D eigenvalue weighted by atomic mass is 79.9. The van der Waals surface area contributed by atoms with Gasteiger partial charge in [-0.05, 0) is 26.2 Å². The lowest BCUT2D eigenvalue weighted by molar-refractivity contribution is 0.176. The predicted molar refractivity (Wildman–Crippen MR) is 61.4 cm³/mol. The molecule has 0 aromatic carbocycles. The number of hydrogen-bond acceptors (Lipinski definition) is 2. The van der Waals surface area contributed by atoms with Gasteiger partial charge in [0.1, 0.15) is 0 Å². The van der Waals surface area contributed by atoms with Gasteiger partial charge in [-0.15, -0.1) is 0 Å². The van der Waals surface area contributed by atoms with Crippen LogP contribution in [0.3, 0.4) is 0 Å². The molecule has 0 fully saturated rings. The highest BCUT2D eigenvalue weighted by Gasteiger charge is 2.11. The van der Waals surface area contributed by atoms with Gasteiger partial charge >= 0.3 is 0 Å². The highest BCUT2D eigenvalue weighted by molar-refractivity contribution is 9.09. The highest BCUT2D eigenvalue weighted by Crippen LogP contribution is 2.07. The summed E-state index contributed by atoms with van der Waals surface area (Å²) in [6.45, 7) is 9.07. The molecule has 80 valence electrons. The molecule has 0 amide bonds. The monoisotopic (exact) mass is 251 g/mol. The van der Waals surface area contributed by atoms with E-state index in [-0.39, 0.29) is 0 Å². The van der Waals surface area contributed by atoms with E-state index < -0.39 is 0 Å². The maximum absolute atomic E-state index is 8.75. The van der Waals surface area contributed by atoms with E-state index >= 15 is 0 Å². The summed E-state index contributed by atoms with van der Waals surface area (Å²) in [6, 6.07) is 0.577. The van der Waals surface area contributed by atoms with Crippen LogP contribution >= 0.6 is 15.9 Å². The molecule has 0 aromatic rings. The first-order valence-electron chi connectivity index (χ1n) is 5.02. The number of nitrogens with zero attached hydrogens (tertiary/aromatic N) is 1. The number of aliphatic hydroxyl groups is 1. The topological polar surface area (TPSA) is 23.5 Å². The van der Waals surface area contributed by atoms with Crippen LogP contribution in [0.2, 0.25) is 0 Å². The Morgan fingerprint density at radius 2 is 1.92 bits per heavy atom. The van der Waals surface area contributed by atoms with Gasteiger partial charge in [-0.1, -0.05) is 22.9 Å². The molecule has 0 aliphatic heterocycles. The second-order valence-electron chi connectivity index (χ2n) is 3.93. The molecule has 0 bridgehead atoms. The third-order valence-electron chi connectivity index (χ3n) is 2.14. The summed E-state index contributed by atoms with van der Waals surface area (Å²) in [5.41, 5.74) is 0. The second kappa shape index (κ2) is 7.77. The predicted octanol–water partition coefficient (Wildman–Crippen LogP) is 2.11. The summed E-state index contributed by atoms with van der Waals surface area (Å²) >= 11 is 3.48. The lowest BCUT2D eigenvalue weighted by Crippen LogP contribution is -2.36. The Labute approximate surface area is 90.4 Å². The molecule has 0 heterocycles. The Morgan fingerprint density at radius 1 is 1.31 bits per heavy atom. The van der Waals surface area contributed by atoms with E-state index in [0.717, 1.165) is 24.8 Å². The Bertz CT molecular complexity index is 119. The molecule has 13 heavy (non-hydrogen) atoms. The Kier molecular flexibility index (Phi) is 8.01. The lowest BCUT2D eigenvalue weighted by Gasteiger charge is -2.28. The van der Waals surface area contributed by atoms with Crippen molar-refractivity contribution in [2.75, 3.05) is 25.0 Å². The molecular weight excluding hydrogens is 230 g/mol. The zero-order valence-electron chi connectivity index (χ0n) is 8.96. The molecule has 0 aliphatic carbocycles. The number of rotatable bonds is 7. The van der Waals surface area contributed by atoms with Gasteiger partial charge in [0.25, 0.3) is 0 Å². The van der Waals surface area contributed by atoms with Gasteiger partial charge in [0.2, 0.25) is 0 Å². The minimum atomic E-state index is 0.298. The molecule has 0 radical (unpaired) electrons. The normalized spacial score (nSPS) is 14.1. The molecule has 1 N–H and O–H groups in total. The van der Waals surface area contributed by atoms with Crippen molar-refractivity contribution >= 4 is 15.9 Å². The van der Waals surface area contributed by atoms with Gasteiger partial charge in [-0.25, -0.2) is 0 Å². The van der Waals surface area contributed by atoms with Crippen molar-refractivity contribution in [1.82, 2.24) is 4.90 Å². The molecule has 0 spiro atoms. The van der Waals surface area contributed by atoms with Crippen molar-refractivity contribution in [2.45, 2.75) is 33.2 Å². The minimum absolute atomic E-state index is 0.298. The van der Waals surface area contributed by atoms with Crippen LogP contribution in [0.4, 0.5) is 0 Å². The first kappa shape index (κ1) is 13.4. The standard InChI is InChI=1S/C10H22BrNO/c1-9(2)12(5-4-6-13)8-10(3)7-11/h9-10,13H,4-8H2,1-3H3. The average Bonchev–Trinajstić information content (AvgIpc) is 2.11. The molecule has 2 nitrogen and oxygen atoms in total. The fraction of sp³-hybridized carbons (Fsp3) is 1.00. The van der Waals surface area contributed by atoms with Gasteiger partial charge in [0, 0.05) is 31.1 Å².